The zero-order chi connectivity index (χ0) is 18.4. The van der Waals surface area contributed by atoms with Crippen LogP contribution in [0.15, 0.2) is 29.2 Å². The average molecular weight is 365 g/mol. The van der Waals surface area contributed by atoms with Crippen molar-refractivity contribution in [3.8, 4) is 6.07 Å². The molecule has 0 atom stereocenters. The van der Waals surface area contributed by atoms with Gasteiger partial charge in [-0.05, 0) is 37.1 Å². The minimum Gasteiger partial charge on any atom is -0.455 e. The Labute approximate surface area is 146 Å². The second-order valence-corrected chi connectivity index (χ2v) is 7.53. The van der Waals surface area contributed by atoms with Crippen molar-refractivity contribution in [2.45, 2.75) is 17.7 Å². The molecule has 0 aromatic heterocycles. The highest BCUT2D eigenvalue weighted by atomic mass is 32.2. The van der Waals surface area contributed by atoms with Gasteiger partial charge in [-0.1, -0.05) is 0 Å². The maximum Gasteiger partial charge on any atom is 0.309 e. The molecule has 1 aliphatic rings. The number of rotatable bonds is 5. The largest absolute Gasteiger partial charge is 0.455 e. The Kier molecular flexibility index (Phi) is 6.12. The molecule has 0 radical (unpaired) electrons. The van der Waals surface area contributed by atoms with Crippen LogP contribution in [-0.4, -0.2) is 51.3 Å². The topological polar surface area (TPSA) is 117 Å². The number of piperidine rings is 1. The zero-order valence-electron chi connectivity index (χ0n) is 13.8. The molecule has 2 rings (SSSR count). The molecule has 0 unspecified atom stereocenters. The van der Waals surface area contributed by atoms with E-state index < -0.39 is 27.8 Å². The number of benzene rings is 1. The second kappa shape index (κ2) is 8.09. The van der Waals surface area contributed by atoms with E-state index >= 15 is 0 Å². The van der Waals surface area contributed by atoms with Crippen LogP contribution in [0.1, 0.15) is 18.4 Å². The van der Waals surface area contributed by atoms with Crippen LogP contribution in [0.5, 0.6) is 0 Å². The predicted molar refractivity (Wildman–Crippen MR) is 87.7 cm³/mol. The predicted octanol–water partition coefficient (Wildman–Crippen LogP) is 0.248. The molecule has 25 heavy (non-hydrogen) atoms. The highest BCUT2D eigenvalue weighted by Gasteiger charge is 2.32. The Morgan fingerprint density at radius 1 is 1.28 bits per heavy atom. The third kappa shape index (κ3) is 4.55. The lowest BCUT2D eigenvalue weighted by Gasteiger charge is -2.30. The third-order valence-electron chi connectivity index (χ3n) is 4.03. The molecule has 0 aliphatic carbocycles. The number of nitriles is 1. The molecule has 8 nitrogen and oxygen atoms in total. The minimum absolute atomic E-state index is 0.118. The lowest BCUT2D eigenvalue weighted by Crippen LogP contribution is -2.41. The summed E-state index contributed by atoms with van der Waals surface area (Å²) in [5, 5.41) is 11.1. The SMILES string of the molecule is CNC(=O)COC(=O)C1CCN(S(=O)(=O)c2ccc(C#N)cc2)CC1. The summed E-state index contributed by atoms with van der Waals surface area (Å²) in [6, 6.07) is 7.65. The van der Waals surface area contributed by atoms with Crippen LogP contribution in [0.25, 0.3) is 0 Å². The lowest BCUT2D eigenvalue weighted by molar-refractivity contribution is -0.153. The van der Waals surface area contributed by atoms with Gasteiger partial charge in [-0.25, -0.2) is 8.42 Å². The van der Waals surface area contributed by atoms with Gasteiger partial charge in [-0.3, -0.25) is 9.59 Å². The molecule has 0 spiro atoms. The van der Waals surface area contributed by atoms with Crippen LogP contribution in [0, 0.1) is 17.2 Å². The molecule has 0 bridgehead atoms. The molecule has 1 aromatic rings. The maximum absolute atomic E-state index is 12.6. The molecule has 1 amide bonds. The average Bonchev–Trinajstić information content (AvgIpc) is 2.65. The van der Waals surface area contributed by atoms with Crippen molar-refractivity contribution in [3.63, 3.8) is 0 Å². The van der Waals surface area contributed by atoms with Crippen LogP contribution in [-0.2, 0) is 24.3 Å². The van der Waals surface area contributed by atoms with E-state index in [0.29, 0.717) is 18.4 Å². The quantitative estimate of drug-likeness (QED) is 0.748. The summed E-state index contributed by atoms with van der Waals surface area (Å²) >= 11 is 0. The number of hydrogen-bond acceptors (Lipinski definition) is 6. The van der Waals surface area contributed by atoms with Crippen molar-refractivity contribution < 1.29 is 22.7 Å². The molecule has 0 saturated carbocycles. The number of carbonyl (C=O) groups is 2. The highest BCUT2D eigenvalue weighted by molar-refractivity contribution is 7.89. The summed E-state index contributed by atoms with van der Waals surface area (Å²) in [5.41, 5.74) is 0.386. The monoisotopic (exact) mass is 365 g/mol. The number of esters is 1. The fraction of sp³-hybridized carbons (Fsp3) is 0.438. The first-order chi connectivity index (χ1) is 11.9. The second-order valence-electron chi connectivity index (χ2n) is 5.60. The van der Waals surface area contributed by atoms with Gasteiger partial charge in [0, 0.05) is 20.1 Å². The van der Waals surface area contributed by atoms with Crippen molar-refractivity contribution in [2.24, 2.45) is 5.92 Å². The molecule has 1 aliphatic heterocycles. The molecule has 1 aromatic carbocycles. The van der Waals surface area contributed by atoms with Gasteiger partial charge >= 0.3 is 5.97 Å². The first kappa shape index (κ1) is 18.9. The van der Waals surface area contributed by atoms with Crippen molar-refractivity contribution in [1.29, 1.82) is 5.26 Å². The number of sulfonamides is 1. The smallest absolute Gasteiger partial charge is 0.309 e. The third-order valence-corrected chi connectivity index (χ3v) is 5.95. The summed E-state index contributed by atoms with van der Waals surface area (Å²) in [6.07, 6.45) is 0.671. The van der Waals surface area contributed by atoms with E-state index in [1.54, 1.807) is 0 Å². The summed E-state index contributed by atoms with van der Waals surface area (Å²) in [4.78, 5) is 23.1. The molecule has 1 N–H and O–H groups in total. The van der Waals surface area contributed by atoms with Crippen molar-refractivity contribution in [1.82, 2.24) is 9.62 Å². The van der Waals surface area contributed by atoms with Gasteiger partial charge in [-0.15, -0.1) is 0 Å². The normalized spacial score (nSPS) is 16.0. The van der Waals surface area contributed by atoms with Gasteiger partial charge < -0.3 is 10.1 Å². The van der Waals surface area contributed by atoms with Gasteiger partial charge in [0.25, 0.3) is 5.91 Å². The first-order valence-corrected chi connectivity index (χ1v) is 9.20. The Morgan fingerprint density at radius 3 is 2.40 bits per heavy atom. The highest BCUT2D eigenvalue weighted by Crippen LogP contribution is 2.24. The number of likely N-dealkylation sites (N-methyl/N-ethyl adjacent to an activating group) is 1. The molecule has 9 heteroatoms. The summed E-state index contributed by atoms with van der Waals surface area (Å²) in [5.74, 6) is -1.30. The Morgan fingerprint density at radius 2 is 1.88 bits per heavy atom. The van der Waals surface area contributed by atoms with E-state index in [1.807, 2.05) is 6.07 Å². The van der Waals surface area contributed by atoms with E-state index in [9.17, 15) is 18.0 Å². The molecule has 1 fully saturated rings. The number of nitrogens with one attached hydrogen (secondary N) is 1. The summed E-state index contributed by atoms with van der Waals surface area (Å²) in [6.45, 7) is 0.0588. The van der Waals surface area contributed by atoms with Gasteiger partial charge in [0.15, 0.2) is 6.61 Å². The summed E-state index contributed by atoms with van der Waals surface area (Å²) < 4.78 is 31.4. The number of hydrogen-bond donors (Lipinski definition) is 1. The van der Waals surface area contributed by atoms with Gasteiger partial charge in [-0.2, -0.15) is 9.57 Å². The number of carbonyl (C=O) groups excluding carboxylic acids is 2. The van der Waals surface area contributed by atoms with E-state index in [-0.39, 0.29) is 24.6 Å². The Bertz CT molecular complexity index is 775. The zero-order valence-corrected chi connectivity index (χ0v) is 14.6. The van der Waals surface area contributed by atoms with Crippen LogP contribution in [0.3, 0.4) is 0 Å². The van der Waals surface area contributed by atoms with E-state index in [1.165, 1.54) is 35.6 Å². The van der Waals surface area contributed by atoms with E-state index in [2.05, 4.69) is 5.32 Å². The number of ether oxygens (including phenoxy) is 1. The van der Waals surface area contributed by atoms with Crippen LogP contribution < -0.4 is 5.32 Å². The summed E-state index contributed by atoms with van der Waals surface area (Å²) in [7, 11) is -2.21. The van der Waals surface area contributed by atoms with Crippen LogP contribution in [0.4, 0.5) is 0 Å². The lowest BCUT2D eigenvalue weighted by atomic mass is 9.98. The first-order valence-electron chi connectivity index (χ1n) is 7.76. The number of amides is 1. The van der Waals surface area contributed by atoms with Crippen LogP contribution in [0.2, 0.25) is 0 Å². The Balaban J connectivity index is 1.95. The fourth-order valence-corrected chi connectivity index (χ4v) is 3.98. The van der Waals surface area contributed by atoms with E-state index in [0.717, 1.165) is 0 Å². The van der Waals surface area contributed by atoms with Gasteiger partial charge in [0.1, 0.15) is 0 Å². The molecular formula is C16H19N3O5S. The molecular weight excluding hydrogens is 346 g/mol. The molecule has 1 saturated heterocycles. The van der Waals surface area contributed by atoms with Gasteiger partial charge in [0.05, 0.1) is 22.4 Å². The fourth-order valence-electron chi connectivity index (χ4n) is 2.51. The van der Waals surface area contributed by atoms with Crippen LogP contribution >= 0.6 is 0 Å². The molecule has 134 valence electrons. The van der Waals surface area contributed by atoms with E-state index in [4.69, 9.17) is 10.00 Å². The number of nitrogens with zero attached hydrogens (tertiary/aromatic N) is 2. The van der Waals surface area contributed by atoms with Crippen molar-refractivity contribution in [3.05, 3.63) is 29.8 Å². The minimum atomic E-state index is -3.66. The molecule has 1 heterocycles. The standard InChI is InChI=1S/C16H19N3O5S/c1-18-15(20)11-24-16(21)13-6-8-19(9-7-13)25(22,23)14-4-2-12(10-17)3-5-14/h2-5,13H,6-9,11H2,1H3,(H,18,20). The Hall–Kier alpha value is -2.44. The van der Waals surface area contributed by atoms with Crippen molar-refractivity contribution >= 4 is 21.9 Å². The van der Waals surface area contributed by atoms with Gasteiger partial charge in [0.2, 0.25) is 10.0 Å². The maximum atomic E-state index is 12.6. The van der Waals surface area contributed by atoms with Crippen molar-refractivity contribution in [2.75, 3.05) is 26.7 Å².